The highest BCUT2D eigenvalue weighted by Gasteiger charge is 2.42. The van der Waals surface area contributed by atoms with Crippen molar-refractivity contribution in [3.8, 4) is 11.5 Å². The van der Waals surface area contributed by atoms with Crippen LogP contribution in [0.25, 0.3) is 11.5 Å². The van der Waals surface area contributed by atoms with Crippen molar-refractivity contribution in [3.05, 3.63) is 65.3 Å². The summed E-state index contributed by atoms with van der Waals surface area (Å²) in [5.74, 6) is 0.138. The standard InChI is InChI=1S/C18H16FN3O2/c1-2-8-22-17(11-5-3-6-12(19)10-11)14-15(13-7-4-9-24-13)20-21-16(14)18(22)23/h3-7,9-10,17H,2,8H2,1H3,(H,20,21)/t17-/m1/s1. The van der Waals surface area contributed by atoms with Gasteiger partial charge in [0.1, 0.15) is 11.5 Å². The van der Waals surface area contributed by atoms with Gasteiger partial charge in [-0.1, -0.05) is 19.1 Å². The molecule has 0 spiro atoms. The second-order valence-electron chi connectivity index (χ2n) is 5.79. The third-order valence-corrected chi connectivity index (χ3v) is 4.25. The number of nitrogens with one attached hydrogen (secondary N) is 1. The van der Waals surface area contributed by atoms with Crippen LogP contribution in [0, 0.1) is 5.82 Å². The van der Waals surface area contributed by atoms with Crippen LogP contribution in [0.2, 0.25) is 0 Å². The number of nitrogens with zero attached hydrogens (tertiary/aromatic N) is 2. The topological polar surface area (TPSA) is 62.1 Å². The van der Waals surface area contributed by atoms with Gasteiger partial charge in [0, 0.05) is 12.1 Å². The molecule has 0 aliphatic carbocycles. The highest BCUT2D eigenvalue weighted by molar-refractivity contribution is 5.99. The molecule has 4 rings (SSSR count). The van der Waals surface area contributed by atoms with E-state index >= 15 is 0 Å². The van der Waals surface area contributed by atoms with Crippen molar-refractivity contribution in [2.24, 2.45) is 0 Å². The summed E-state index contributed by atoms with van der Waals surface area (Å²) in [6.07, 6.45) is 2.38. The number of carbonyl (C=O) groups excluding carboxylic acids is 1. The fraction of sp³-hybridized carbons (Fsp3) is 0.222. The first kappa shape index (κ1) is 14.7. The minimum Gasteiger partial charge on any atom is -0.463 e. The van der Waals surface area contributed by atoms with E-state index in [0.717, 1.165) is 17.5 Å². The average Bonchev–Trinajstić information content (AvgIpc) is 3.27. The summed E-state index contributed by atoms with van der Waals surface area (Å²) in [5.41, 5.74) is 2.51. The first-order valence-corrected chi connectivity index (χ1v) is 7.89. The van der Waals surface area contributed by atoms with Crippen molar-refractivity contribution in [2.75, 3.05) is 6.54 Å². The Morgan fingerprint density at radius 1 is 1.33 bits per heavy atom. The van der Waals surface area contributed by atoms with Crippen molar-refractivity contribution in [3.63, 3.8) is 0 Å². The van der Waals surface area contributed by atoms with Gasteiger partial charge in [0.25, 0.3) is 5.91 Å². The number of furan rings is 1. The Hall–Kier alpha value is -2.89. The van der Waals surface area contributed by atoms with Crippen molar-refractivity contribution in [2.45, 2.75) is 19.4 Å². The lowest BCUT2D eigenvalue weighted by molar-refractivity contribution is 0.0743. The number of aromatic nitrogens is 2. The van der Waals surface area contributed by atoms with Gasteiger partial charge in [-0.2, -0.15) is 5.10 Å². The van der Waals surface area contributed by atoms with Gasteiger partial charge in [-0.05, 0) is 36.2 Å². The van der Waals surface area contributed by atoms with Crippen LogP contribution in [-0.2, 0) is 0 Å². The van der Waals surface area contributed by atoms with Gasteiger partial charge in [-0.15, -0.1) is 0 Å². The predicted molar refractivity (Wildman–Crippen MR) is 85.9 cm³/mol. The molecule has 0 radical (unpaired) electrons. The number of hydrogen-bond acceptors (Lipinski definition) is 3. The lowest BCUT2D eigenvalue weighted by atomic mass is 9.98. The lowest BCUT2D eigenvalue weighted by Crippen LogP contribution is -2.30. The summed E-state index contributed by atoms with van der Waals surface area (Å²) < 4.78 is 19.2. The van der Waals surface area contributed by atoms with Crippen LogP contribution >= 0.6 is 0 Å². The quantitative estimate of drug-likeness (QED) is 0.794. The molecule has 0 bridgehead atoms. The number of carbonyl (C=O) groups is 1. The van der Waals surface area contributed by atoms with E-state index in [0.29, 0.717) is 23.7 Å². The Kier molecular flexibility index (Phi) is 3.45. The Balaban J connectivity index is 1.90. The van der Waals surface area contributed by atoms with E-state index in [1.54, 1.807) is 23.3 Å². The number of rotatable bonds is 4. The number of hydrogen-bond donors (Lipinski definition) is 1. The van der Waals surface area contributed by atoms with Gasteiger partial charge in [-0.3, -0.25) is 9.89 Å². The van der Waals surface area contributed by atoms with E-state index in [1.165, 1.54) is 12.1 Å². The monoisotopic (exact) mass is 325 g/mol. The Bertz CT molecular complexity index is 886. The molecule has 122 valence electrons. The number of fused-ring (bicyclic) bond motifs is 1. The summed E-state index contributed by atoms with van der Waals surface area (Å²) in [5, 5.41) is 7.10. The molecule has 0 saturated heterocycles. The Labute approximate surface area is 138 Å². The smallest absolute Gasteiger partial charge is 0.275 e. The minimum atomic E-state index is -0.373. The minimum absolute atomic E-state index is 0.143. The molecule has 1 aromatic carbocycles. The zero-order valence-electron chi connectivity index (χ0n) is 13.1. The van der Waals surface area contributed by atoms with Crippen LogP contribution in [0.5, 0.6) is 0 Å². The molecule has 1 aliphatic rings. The molecule has 1 atom stereocenters. The van der Waals surface area contributed by atoms with Crippen molar-refractivity contribution >= 4 is 5.91 Å². The molecule has 3 aromatic rings. The first-order valence-electron chi connectivity index (χ1n) is 7.89. The molecule has 0 unspecified atom stereocenters. The molecule has 2 aromatic heterocycles. The summed E-state index contributed by atoms with van der Waals surface area (Å²) in [6.45, 7) is 2.58. The Morgan fingerprint density at radius 2 is 2.21 bits per heavy atom. The second-order valence-corrected chi connectivity index (χ2v) is 5.79. The highest BCUT2D eigenvalue weighted by Crippen LogP contribution is 2.42. The largest absolute Gasteiger partial charge is 0.463 e. The molecular formula is C18H16FN3O2. The first-order chi connectivity index (χ1) is 11.7. The van der Waals surface area contributed by atoms with Crippen LogP contribution < -0.4 is 0 Å². The van der Waals surface area contributed by atoms with Crippen LogP contribution in [0.4, 0.5) is 4.39 Å². The maximum atomic E-state index is 13.8. The summed E-state index contributed by atoms with van der Waals surface area (Å²) in [4.78, 5) is 14.5. The van der Waals surface area contributed by atoms with Crippen molar-refractivity contribution in [1.29, 1.82) is 0 Å². The van der Waals surface area contributed by atoms with Gasteiger partial charge in [0.05, 0.1) is 12.3 Å². The predicted octanol–water partition coefficient (Wildman–Crippen LogP) is 3.76. The Morgan fingerprint density at radius 3 is 2.92 bits per heavy atom. The molecule has 1 N–H and O–H groups in total. The number of amides is 1. The second kappa shape index (κ2) is 5.63. The number of benzene rings is 1. The van der Waals surface area contributed by atoms with Crippen LogP contribution in [0.1, 0.15) is 41.0 Å². The normalized spacial score (nSPS) is 16.7. The highest BCUT2D eigenvalue weighted by atomic mass is 19.1. The summed E-state index contributed by atoms with van der Waals surface area (Å²) in [7, 11) is 0. The number of aromatic amines is 1. The van der Waals surface area contributed by atoms with E-state index in [4.69, 9.17) is 4.42 Å². The zero-order valence-corrected chi connectivity index (χ0v) is 13.1. The molecule has 6 heteroatoms. The van der Waals surface area contributed by atoms with Gasteiger partial charge in [-0.25, -0.2) is 4.39 Å². The summed E-state index contributed by atoms with van der Waals surface area (Å²) in [6, 6.07) is 9.57. The molecule has 0 fully saturated rings. The third-order valence-electron chi connectivity index (χ3n) is 4.25. The zero-order chi connectivity index (χ0) is 16.7. The van der Waals surface area contributed by atoms with Crippen LogP contribution in [-0.4, -0.2) is 27.5 Å². The molecule has 24 heavy (non-hydrogen) atoms. The molecule has 5 nitrogen and oxygen atoms in total. The lowest BCUT2D eigenvalue weighted by Gasteiger charge is -2.25. The SMILES string of the molecule is CCCN1C(=O)c2n[nH]c(-c3ccco3)c2[C@H]1c1cccc(F)c1. The van der Waals surface area contributed by atoms with Gasteiger partial charge in [0.15, 0.2) is 11.5 Å². The van der Waals surface area contributed by atoms with Gasteiger partial charge in [0.2, 0.25) is 0 Å². The van der Waals surface area contributed by atoms with E-state index in [2.05, 4.69) is 10.2 Å². The van der Waals surface area contributed by atoms with E-state index in [9.17, 15) is 9.18 Å². The molecule has 0 saturated carbocycles. The fourth-order valence-electron chi connectivity index (χ4n) is 3.29. The maximum Gasteiger partial charge on any atom is 0.275 e. The molecular weight excluding hydrogens is 309 g/mol. The van der Waals surface area contributed by atoms with E-state index in [-0.39, 0.29) is 17.8 Å². The molecule has 1 amide bonds. The van der Waals surface area contributed by atoms with E-state index < -0.39 is 0 Å². The van der Waals surface area contributed by atoms with Gasteiger partial charge >= 0.3 is 0 Å². The van der Waals surface area contributed by atoms with E-state index in [1.807, 2.05) is 19.1 Å². The third kappa shape index (κ3) is 2.14. The number of H-pyrrole nitrogens is 1. The van der Waals surface area contributed by atoms with Gasteiger partial charge < -0.3 is 9.32 Å². The fourth-order valence-corrected chi connectivity index (χ4v) is 3.29. The van der Waals surface area contributed by atoms with Crippen LogP contribution in [0.15, 0.2) is 47.1 Å². The van der Waals surface area contributed by atoms with Crippen LogP contribution in [0.3, 0.4) is 0 Å². The summed E-state index contributed by atoms with van der Waals surface area (Å²) >= 11 is 0. The van der Waals surface area contributed by atoms with Crippen molar-refractivity contribution < 1.29 is 13.6 Å². The number of halogens is 1. The average molecular weight is 325 g/mol. The van der Waals surface area contributed by atoms with Crippen molar-refractivity contribution in [1.82, 2.24) is 15.1 Å². The molecule has 3 heterocycles. The maximum absolute atomic E-state index is 13.8. The molecule has 1 aliphatic heterocycles.